The first-order valence-electron chi connectivity index (χ1n) is 6.35. The molecular weight excluding hydrogens is 300 g/mol. The average Bonchev–Trinajstić information content (AvgIpc) is 2.75. The third-order valence-electron chi connectivity index (χ3n) is 3.31. The predicted molar refractivity (Wildman–Crippen MR) is 76.4 cm³/mol. The third-order valence-corrected chi connectivity index (χ3v) is 6.95. The molecule has 2 rings (SSSR count). The summed E-state index contributed by atoms with van der Waals surface area (Å²) in [7, 11) is -6.75. The molecule has 1 aliphatic heterocycles. The van der Waals surface area contributed by atoms with Crippen molar-refractivity contribution < 1.29 is 16.8 Å². The van der Waals surface area contributed by atoms with E-state index in [1.807, 2.05) is 0 Å². The highest BCUT2D eigenvalue weighted by atomic mass is 32.2. The van der Waals surface area contributed by atoms with Gasteiger partial charge in [0.1, 0.15) is 0 Å². The molecule has 0 amide bonds. The van der Waals surface area contributed by atoms with E-state index in [0.717, 1.165) is 5.56 Å². The third kappa shape index (κ3) is 3.38. The van der Waals surface area contributed by atoms with Crippen LogP contribution >= 0.6 is 0 Å². The summed E-state index contributed by atoms with van der Waals surface area (Å²) >= 11 is 0. The molecular formula is C12H18N2O4S2. The van der Waals surface area contributed by atoms with Crippen molar-refractivity contribution in [3.05, 3.63) is 29.8 Å². The maximum absolute atomic E-state index is 12.2. The quantitative estimate of drug-likeness (QED) is 0.821. The second kappa shape index (κ2) is 5.80. The number of hydrogen-bond acceptors (Lipinski definition) is 5. The summed E-state index contributed by atoms with van der Waals surface area (Å²) in [5.41, 5.74) is 6.22. The lowest BCUT2D eigenvalue weighted by molar-refractivity contribution is 0.461. The highest BCUT2D eigenvalue weighted by Gasteiger charge is 2.29. The number of rotatable bonds is 5. The van der Waals surface area contributed by atoms with Gasteiger partial charge in [-0.25, -0.2) is 21.1 Å². The fraction of sp³-hybridized carbons (Fsp3) is 0.500. The first kappa shape index (κ1) is 15.4. The van der Waals surface area contributed by atoms with E-state index in [1.165, 1.54) is 16.4 Å². The number of benzene rings is 1. The van der Waals surface area contributed by atoms with Crippen LogP contribution in [0.3, 0.4) is 0 Å². The van der Waals surface area contributed by atoms with E-state index < -0.39 is 19.9 Å². The van der Waals surface area contributed by atoms with E-state index in [1.54, 1.807) is 12.1 Å². The Hall–Kier alpha value is -0.960. The molecule has 20 heavy (non-hydrogen) atoms. The largest absolute Gasteiger partial charge is 0.326 e. The lowest BCUT2D eigenvalue weighted by Gasteiger charge is -2.14. The van der Waals surface area contributed by atoms with Gasteiger partial charge < -0.3 is 5.73 Å². The zero-order chi connectivity index (χ0) is 14.8. The van der Waals surface area contributed by atoms with Crippen molar-refractivity contribution in [3.63, 3.8) is 0 Å². The monoisotopic (exact) mass is 318 g/mol. The van der Waals surface area contributed by atoms with Gasteiger partial charge in [0.15, 0.2) is 9.84 Å². The Bertz CT molecular complexity index is 683. The fourth-order valence-electron chi connectivity index (χ4n) is 2.15. The molecule has 1 aromatic carbocycles. The van der Waals surface area contributed by atoms with Gasteiger partial charge >= 0.3 is 0 Å². The van der Waals surface area contributed by atoms with Gasteiger partial charge in [-0.3, -0.25) is 0 Å². The average molecular weight is 318 g/mol. The Morgan fingerprint density at radius 3 is 2.65 bits per heavy atom. The number of sulfone groups is 1. The summed E-state index contributed by atoms with van der Waals surface area (Å²) in [4.78, 5) is 0.192. The minimum absolute atomic E-state index is 0.0114. The van der Waals surface area contributed by atoms with Crippen molar-refractivity contribution in [2.24, 2.45) is 5.73 Å². The molecule has 1 heterocycles. The number of nitrogens with two attached hydrogens (primary N) is 1. The van der Waals surface area contributed by atoms with Crippen LogP contribution < -0.4 is 5.73 Å². The van der Waals surface area contributed by atoms with Crippen LogP contribution in [0.15, 0.2) is 29.2 Å². The van der Waals surface area contributed by atoms with Gasteiger partial charge in [-0.2, -0.15) is 0 Å². The van der Waals surface area contributed by atoms with E-state index in [9.17, 15) is 16.8 Å². The molecule has 0 unspecified atom stereocenters. The Balaban J connectivity index is 2.11. The minimum Gasteiger partial charge on any atom is -0.326 e. The summed E-state index contributed by atoms with van der Waals surface area (Å²) in [5.74, 6) is -0.101. The Morgan fingerprint density at radius 2 is 2.05 bits per heavy atom. The van der Waals surface area contributed by atoms with Crippen molar-refractivity contribution in [1.29, 1.82) is 0 Å². The van der Waals surface area contributed by atoms with Crippen LogP contribution in [0.5, 0.6) is 0 Å². The van der Waals surface area contributed by atoms with Crippen molar-refractivity contribution in [3.8, 4) is 0 Å². The molecule has 0 radical (unpaired) electrons. The van der Waals surface area contributed by atoms with Crippen LogP contribution in [0.1, 0.15) is 12.0 Å². The predicted octanol–water partition coefficient (Wildman–Crippen LogP) is -0.0455. The summed E-state index contributed by atoms with van der Waals surface area (Å²) < 4.78 is 48.9. The van der Waals surface area contributed by atoms with Gasteiger partial charge in [0.25, 0.3) is 0 Å². The minimum atomic E-state index is -3.49. The number of hydrogen-bond donors (Lipinski definition) is 1. The van der Waals surface area contributed by atoms with Gasteiger partial charge in [-0.05, 0) is 24.1 Å². The van der Waals surface area contributed by atoms with E-state index in [-0.39, 0.29) is 29.5 Å². The molecule has 2 N–H and O–H groups in total. The molecule has 1 saturated heterocycles. The molecule has 0 spiro atoms. The van der Waals surface area contributed by atoms with Gasteiger partial charge in [-0.1, -0.05) is 12.1 Å². The normalized spacial score (nSPS) is 19.2. The molecule has 6 nitrogen and oxygen atoms in total. The molecule has 8 heteroatoms. The summed E-state index contributed by atoms with van der Waals surface area (Å²) in [5, 5.41) is 0. The van der Waals surface area contributed by atoms with E-state index in [0.29, 0.717) is 13.0 Å². The maximum atomic E-state index is 12.2. The first-order chi connectivity index (χ1) is 9.35. The van der Waals surface area contributed by atoms with E-state index in [2.05, 4.69) is 0 Å². The standard InChI is InChI=1S/C12H18N2O4S2/c13-10-11-3-1-4-12(9-11)19(15,16)8-6-14-5-2-7-20(14,17)18/h1,3-4,9H,2,5-8,10,13H2. The summed E-state index contributed by atoms with van der Waals surface area (Å²) in [6, 6.07) is 6.44. The highest BCUT2D eigenvalue weighted by Crippen LogP contribution is 2.17. The van der Waals surface area contributed by atoms with Gasteiger partial charge in [0, 0.05) is 19.6 Å². The van der Waals surface area contributed by atoms with Crippen LogP contribution in [-0.4, -0.2) is 45.7 Å². The molecule has 1 fully saturated rings. The highest BCUT2D eigenvalue weighted by molar-refractivity contribution is 7.91. The van der Waals surface area contributed by atoms with Crippen LogP contribution in [0.4, 0.5) is 0 Å². The zero-order valence-electron chi connectivity index (χ0n) is 11.0. The van der Waals surface area contributed by atoms with Crippen molar-refractivity contribution in [2.75, 3.05) is 24.6 Å². The number of sulfonamides is 1. The topological polar surface area (TPSA) is 97.5 Å². The lowest BCUT2D eigenvalue weighted by Crippen LogP contribution is -2.31. The first-order valence-corrected chi connectivity index (χ1v) is 9.61. The molecule has 1 aliphatic rings. The summed E-state index contributed by atoms with van der Waals surface area (Å²) in [6.45, 7) is 0.683. The van der Waals surface area contributed by atoms with Gasteiger partial charge in [0.2, 0.25) is 10.0 Å². The van der Waals surface area contributed by atoms with Gasteiger partial charge in [0.05, 0.1) is 16.4 Å². The van der Waals surface area contributed by atoms with Crippen LogP contribution in [-0.2, 0) is 26.4 Å². The Labute approximate surface area is 119 Å². The smallest absolute Gasteiger partial charge is 0.214 e. The molecule has 0 saturated carbocycles. The zero-order valence-corrected chi connectivity index (χ0v) is 12.7. The molecule has 0 aliphatic carbocycles. The molecule has 1 aromatic rings. The second-order valence-corrected chi connectivity index (χ2v) is 8.94. The van der Waals surface area contributed by atoms with Crippen LogP contribution in [0.25, 0.3) is 0 Å². The van der Waals surface area contributed by atoms with Crippen molar-refractivity contribution in [2.45, 2.75) is 17.9 Å². The van der Waals surface area contributed by atoms with E-state index >= 15 is 0 Å². The molecule has 112 valence electrons. The van der Waals surface area contributed by atoms with Gasteiger partial charge in [-0.15, -0.1) is 0 Å². The van der Waals surface area contributed by atoms with E-state index in [4.69, 9.17) is 5.73 Å². The Morgan fingerprint density at radius 1 is 1.30 bits per heavy atom. The maximum Gasteiger partial charge on any atom is 0.214 e. The fourth-order valence-corrected chi connectivity index (χ4v) is 5.11. The SMILES string of the molecule is NCc1cccc(S(=O)(=O)CCN2CCCS2(=O)=O)c1. The van der Waals surface area contributed by atoms with Crippen LogP contribution in [0.2, 0.25) is 0 Å². The molecule has 0 aromatic heterocycles. The second-order valence-electron chi connectivity index (χ2n) is 4.74. The molecule has 0 atom stereocenters. The summed E-state index contributed by atoms with van der Waals surface area (Å²) in [6.07, 6.45) is 0.561. The Kier molecular flexibility index (Phi) is 4.48. The molecule has 0 bridgehead atoms. The van der Waals surface area contributed by atoms with Crippen molar-refractivity contribution >= 4 is 19.9 Å². The van der Waals surface area contributed by atoms with Crippen molar-refractivity contribution in [1.82, 2.24) is 4.31 Å². The van der Waals surface area contributed by atoms with Crippen LogP contribution in [0, 0.1) is 0 Å². The number of nitrogens with zero attached hydrogens (tertiary/aromatic N) is 1. The lowest BCUT2D eigenvalue weighted by atomic mass is 10.2.